The van der Waals surface area contributed by atoms with Gasteiger partial charge in [0.05, 0.1) is 19.9 Å². The smallest absolute Gasteiger partial charge is 0.255 e. The number of carbonyl (C=O) groups excluding carboxylic acids is 1. The molecule has 3 rings (SSSR count). The zero-order chi connectivity index (χ0) is 20.1. The molecule has 0 saturated carbocycles. The summed E-state index contributed by atoms with van der Waals surface area (Å²) >= 11 is 0. The van der Waals surface area contributed by atoms with Gasteiger partial charge in [-0.2, -0.15) is 0 Å². The summed E-state index contributed by atoms with van der Waals surface area (Å²) in [5, 5.41) is 14.1. The van der Waals surface area contributed by atoms with E-state index >= 15 is 0 Å². The van der Waals surface area contributed by atoms with Crippen LogP contribution < -0.4 is 14.8 Å². The minimum absolute atomic E-state index is 0.261. The van der Waals surface area contributed by atoms with E-state index in [9.17, 15) is 4.79 Å². The molecule has 8 heteroatoms. The van der Waals surface area contributed by atoms with Crippen molar-refractivity contribution in [2.75, 3.05) is 19.5 Å². The summed E-state index contributed by atoms with van der Waals surface area (Å²) in [6, 6.07) is 8.96. The average molecular weight is 379 g/mol. The van der Waals surface area contributed by atoms with Crippen molar-refractivity contribution >= 4 is 11.6 Å². The second-order valence-electron chi connectivity index (χ2n) is 6.02. The van der Waals surface area contributed by atoms with Crippen LogP contribution in [0.3, 0.4) is 0 Å². The lowest BCUT2D eigenvalue weighted by atomic mass is 10.0. The van der Waals surface area contributed by atoms with Crippen LogP contribution in [-0.4, -0.2) is 40.3 Å². The van der Waals surface area contributed by atoms with Crippen LogP contribution in [0.2, 0.25) is 0 Å². The molecular weight excluding hydrogens is 358 g/mol. The van der Waals surface area contributed by atoms with Crippen molar-refractivity contribution in [3.8, 4) is 17.2 Å². The molecule has 0 aliphatic carbocycles. The number of tetrazole rings is 1. The standard InChI is InChI=1S/C20H21N5O3/c1-5-7-14-10-15(11-18(27-3)19(14)28-4)20(26)22-16-8-6-9-17(13(16)2)25-12-21-23-24-25/h5-6,8-12H,1,7H2,2-4H3,(H,22,26). The quantitative estimate of drug-likeness (QED) is 0.635. The van der Waals surface area contributed by atoms with E-state index < -0.39 is 0 Å². The maximum atomic E-state index is 12.9. The Morgan fingerprint density at radius 2 is 2.11 bits per heavy atom. The SMILES string of the molecule is C=CCc1cc(C(=O)Nc2cccc(-n3cnnn3)c2C)cc(OC)c1OC. The van der Waals surface area contributed by atoms with Gasteiger partial charge in [0.1, 0.15) is 6.33 Å². The van der Waals surface area contributed by atoms with Crippen molar-refractivity contribution in [3.05, 3.63) is 66.0 Å². The lowest BCUT2D eigenvalue weighted by molar-refractivity contribution is 0.102. The molecule has 2 aromatic carbocycles. The van der Waals surface area contributed by atoms with Gasteiger partial charge in [-0.05, 0) is 53.6 Å². The van der Waals surface area contributed by atoms with Crippen molar-refractivity contribution in [1.82, 2.24) is 20.2 Å². The molecule has 0 spiro atoms. The van der Waals surface area contributed by atoms with Crippen LogP contribution in [0, 0.1) is 6.92 Å². The number of carbonyl (C=O) groups is 1. The van der Waals surface area contributed by atoms with Crippen LogP contribution in [0.4, 0.5) is 5.69 Å². The summed E-state index contributed by atoms with van der Waals surface area (Å²) in [5.74, 6) is 0.824. The lowest BCUT2D eigenvalue weighted by Crippen LogP contribution is -2.14. The predicted octanol–water partition coefficient (Wildman–Crippen LogP) is 2.97. The van der Waals surface area contributed by atoms with Crippen LogP contribution in [0.1, 0.15) is 21.5 Å². The highest BCUT2D eigenvalue weighted by molar-refractivity contribution is 6.05. The number of benzene rings is 2. The third kappa shape index (κ3) is 3.71. The second kappa shape index (κ2) is 8.34. The number of nitrogens with one attached hydrogen (secondary N) is 1. The third-order valence-corrected chi connectivity index (χ3v) is 4.33. The fourth-order valence-electron chi connectivity index (χ4n) is 2.95. The third-order valence-electron chi connectivity index (χ3n) is 4.33. The Balaban J connectivity index is 1.94. The molecule has 0 radical (unpaired) electrons. The van der Waals surface area contributed by atoms with E-state index in [1.807, 2.05) is 25.1 Å². The van der Waals surface area contributed by atoms with Gasteiger partial charge in [0.2, 0.25) is 0 Å². The van der Waals surface area contributed by atoms with Crippen molar-refractivity contribution in [2.45, 2.75) is 13.3 Å². The summed E-state index contributed by atoms with van der Waals surface area (Å²) in [4.78, 5) is 12.9. The fraction of sp³-hybridized carbons (Fsp3) is 0.200. The van der Waals surface area contributed by atoms with Gasteiger partial charge in [0, 0.05) is 16.8 Å². The zero-order valence-electron chi connectivity index (χ0n) is 16.0. The van der Waals surface area contributed by atoms with Crippen LogP contribution >= 0.6 is 0 Å². The van der Waals surface area contributed by atoms with Gasteiger partial charge in [0.25, 0.3) is 5.91 Å². The number of aromatic nitrogens is 4. The Bertz CT molecular complexity index is 999. The molecule has 0 unspecified atom stereocenters. The number of anilines is 1. The van der Waals surface area contributed by atoms with Gasteiger partial charge in [-0.15, -0.1) is 11.7 Å². The molecule has 3 aromatic rings. The van der Waals surface area contributed by atoms with Gasteiger partial charge >= 0.3 is 0 Å². The maximum Gasteiger partial charge on any atom is 0.255 e. The van der Waals surface area contributed by atoms with Crippen molar-refractivity contribution in [2.24, 2.45) is 0 Å². The van der Waals surface area contributed by atoms with Crippen LogP contribution in [0.25, 0.3) is 5.69 Å². The minimum Gasteiger partial charge on any atom is -0.493 e. The summed E-state index contributed by atoms with van der Waals surface area (Å²) in [5.41, 5.74) is 3.57. The Hall–Kier alpha value is -3.68. The number of methoxy groups -OCH3 is 2. The Kier molecular flexibility index (Phi) is 5.69. The van der Waals surface area contributed by atoms with Crippen molar-refractivity contribution < 1.29 is 14.3 Å². The Morgan fingerprint density at radius 3 is 2.75 bits per heavy atom. The average Bonchev–Trinajstić information content (AvgIpc) is 3.23. The monoisotopic (exact) mass is 379 g/mol. The fourth-order valence-corrected chi connectivity index (χ4v) is 2.95. The Morgan fingerprint density at radius 1 is 1.29 bits per heavy atom. The summed E-state index contributed by atoms with van der Waals surface area (Å²) in [7, 11) is 3.11. The topological polar surface area (TPSA) is 91.2 Å². The van der Waals surface area contributed by atoms with E-state index in [2.05, 4.69) is 27.4 Å². The van der Waals surface area contributed by atoms with E-state index in [0.29, 0.717) is 29.2 Å². The number of hydrogen-bond donors (Lipinski definition) is 1. The van der Waals surface area contributed by atoms with Gasteiger partial charge in [0.15, 0.2) is 11.5 Å². The van der Waals surface area contributed by atoms with Gasteiger partial charge in [-0.25, -0.2) is 4.68 Å². The van der Waals surface area contributed by atoms with Crippen molar-refractivity contribution in [1.29, 1.82) is 0 Å². The zero-order valence-corrected chi connectivity index (χ0v) is 16.0. The Labute approximate surface area is 162 Å². The molecule has 0 saturated heterocycles. The van der Waals surface area contributed by atoms with Gasteiger partial charge < -0.3 is 14.8 Å². The molecule has 0 aliphatic rings. The highest BCUT2D eigenvalue weighted by atomic mass is 16.5. The highest BCUT2D eigenvalue weighted by Crippen LogP contribution is 2.33. The molecule has 1 amide bonds. The van der Waals surface area contributed by atoms with E-state index in [4.69, 9.17) is 9.47 Å². The number of ether oxygens (including phenoxy) is 2. The minimum atomic E-state index is -0.261. The number of rotatable bonds is 7. The largest absolute Gasteiger partial charge is 0.493 e. The first-order valence-electron chi connectivity index (χ1n) is 8.59. The van der Waals surface area contributed by atoms with E-state index in [0.717, 1.165) is 16.8 Å². The van der Waals surface area contributed by atoms with Crippen LogP contribution in [-0.2, 0) is 6.42 Å². The first kappa shape index (κ1) is 19.1. The molecule has 8 nitrogen and oxygen atoms in total. The lowest BCUT2D eigenvalue weighted by Gasteiger charge is -2.15. The second-order valence-corrected chi connectivity index (χ2v) is 6.02. The molecule has 0 fully saturated rings. The summed E-state index contributed by atoms with van der Waals surface area (Å²) in [6.07, 6.45) is 3.80. The molecule has 0 aliphatic heterocycles. The number of allylic oxidation sites excluding steroid dienone is 1. The molecule has 0 bridgehead atoms. The first-order chi connectivity index (χ1) is 13.6. The molecular formula is C20H21N5O3. The molecule has 28 heavy (non-hydrogen) atoms. The van der Waals surface area contributed by atoms with Gasteiger partial charge in [-0.3, -0.25) is 4.79 Å². The molecule has 1 heterocycles. The van der Waals surface area contributed by atoms with Crippen LogP contribution in [0.5, 0.6) is 11.5 Å². The summed E-state index contributed by atoms with van der Waals surface area (Å²) in [6.45, 7) is 5.65. The first-order valence-corrected chi connectivity index (χ1v) is 8.59. The van der Waals surface area contributed by atoms with E-state index in [-0.39, 0.29) is 5.91 Å². The highest BCUT2D eigenvalue weighted by Gasteiger charge is 2.17. The van der Waals surface area contributed by atoms with Crippen molar-refractivity contribution in [3.63, 3.8) is 0 Å². The molecule has 1 aromatic heterocycles. The normalized spacial score (nSPS) is 10.4. The number of hydrogen-bond acceptors (Lipinski definition) is 6. The summed E-state index contributed by atoms with van der Waals surface area (Å²) < 4.78 is 12.4. The molecule has 144 valence electrons. The molecule has 0 atom stereocenters. The predicted molar refractivity (Wildman–Crippen MR) is 105 cm³/mol. The molecule has 1 N–H and O–H groups in total. The van der Waals surface area contributed by atoms with E-state index in [1.54, 1.807) is 30.0 Å². The maximum absolute atomic E-state index is 12.9. The number of amides is 1. The number of nitrogens with zero attached hydrogens (tertiary/aromatic N) is 4. The van der Waals surface area contributed by atoms with E-state index in [1.165, 1.54) is 13.4 Å². The van der Waals surface area contributed by atoms with Crippen LogP contribution in [0.15, 0.2) is 49.3 Å². The van der Waals surface area contributed by atoms with Gasteiger partial charge in [-0.1, -0.05) is 12.1 Å².